The van der Waals surface area contributed by atoms with Crippen LogP contribution in [0.2, 0.25) is 0 Å². The van der Waals surface area contributed by atoms with Gasteiger partial charge in [-0.15, -0.1) is 12.4 Å². The van der Waals surface area contributed by atoms with E-state index < -0.39 is 0 Å². The fourth-order valence-corrected chi connectivity index (χ4v) is 3.53. The number of fused-ring (bicyclic) bond motifs is 4. The summed E-state index contributed by atoms with van der Waals surface area (Å²) >= 11 is 0. The van der Waals surface area contributed by atoms with Gasteiger partial charge in [-0.2, -0.15) is 0 Å². The second kappa shape index (κ2) is 4.83. The van der Waals surface area contributed by atoms with Gasteiger partial charge in [-0.3, -0.25) is 0 Å². The van der Waals surface area contributed by atoms with Crippen molar-refractivity contribution >= 4 is 12.4 Å². The van der Waals surface area contributed by atoms with Crippen molar-refractivity contribution in [3.05, 3.63) is 47.5 Å². The Hall–Kier alpha value is -0.790. The first-order valence-electron chi connectivity index (χ1n) is 6.18. The third kappa shape index (κ3) is 2.02. The predicted octanol–water partition coefficient (Wildman–Crippen LogP) is 3.25. The number of likely N-dealkylation sites (N-methyl/N-ethyl adjacent to an activating group) is 1. The Morgan fingerprint density at radius 1 is 1.18 bits per heavy atom. The molecule has 0 unspecified atom stereocenters. The molecule has 0 aromatic heterocycles. The molecule has 0 aliphatic heterocycles. The minimum absolute atomic E-state index is 0. The van der Waals surface area contributed by atoms with Gasteiger partial charge in [-0.25, -0.2) is 0 Å². The number of allylic oxidation sites excluding steroid dienone is 1. The van der Waals surface area contributed by atoms with Gasteiger partial charge in [0, 0.05) is 12.0 Å². The number of benzene rings is 1. The van der Waals surface area contributed by atoms with Crippen LogP contribution in [0, 0.1) is 5.92 Å². The molecule has 1 aromatic carbocycles. The summed E-state index contributed by atoms with van der Waals surface area (Å²) in [6, 6.07) is 9.69. The van der Waals surface area contributed by atoms with Crippen LogP contribution in [0.25, 0.3) is 0 Å². The highest BCUT2D eigenvalue weighted by Gasteiger charge is 2.37. The molecule has 2 aliphatic carbocycles. The van der Waals surface area contributed by atoms with Crippen molar-refractivity contribution in [2.45, 2.75) is 24.8 Å². The van der Waals surface area contributed by atoms with Crippen LogP contribution in [-0.4, -0.2) is 25.0 Å². The summed E-state index contributed by atoms with van der Waals surface area (Å²) in [7, 11) is 4.44. The first-order chi connectivity index (χ1) is 7.77. The van der Waals surface area contributed by atoms with E-state index in [2.05, 4.69) is 55.4 Å². The number of hydrogen-bond donors (Lipinski definition) is 0. The molecule has 1 aromatic rings. The number of rotatable bonds is 1. The molecule has 2 heteroatoms. The molecule has 0 fully saturated rings. The van der Waals surface area contributed by atoms with E-state index in [1.807, 2.05) is 0 Å². The fourth-order valence-electron chi connectivity index (χ4n) is 3.53. The van der Waals surface area contributed by atoms with Crippen LogP contribution in [-0.2, 0) is 6.42 Å². The van der Waals surface area contributed by atoms with Crippen molar-refractivity contribution in [2.75, 3.05) is 14.1 Å². The minimum atomic E-state index is 0. The molecule has 0 saturated carbocycles. The molecule has 0 heterocycles. The molecule has 17 heavy (non-hydrogen) atoms. The third-order valence-electron chi connectivity index (χ3n) is 4.13. The first-order valence-corrected chi connectivity index (χ1v) is 6.18. The minimum Gasteiger partial charge on any atom is -0.305 e. The van der Waals surface area contributed by atoms with Gasteiger partial charge in [0.2, 0.25) is 0 Å². The molecule has 0 radical (unpaired) electrons. The Morgan fingerprint density at radius 3 is 2.71 bits per heavy atom. The first kappa shape index (κ1) is 12.7. The Balaban J connectivity index is 0.00000108. The normalized spacial score (nSPS) is 29.7. The van der Waals surface area contributed by atoms with Crippen LogP contribution in [0.15, 0.2) is 36.4 Å². The van der Waals surface area contributed by atoms with Gasteiger partial charge in [0.1, 0.15) is 0 Å². The van der Waals surface area contributed by atoms with Gasteiger partial charge in [0.25, 0.3) is 0 Å². The largest absolute Gasteiger partial charge is 0.305 e. The molecular formula is C15H20ClN. The molecule has 92 valence electrons. The van der Waals surface area contributed by atoms with Gasteiger partial charge in [0.15, 0.2) is 0 Å². The Morgan fingerprint density at radius 2 is 1.94 bits per heavy atom. The highest BCUT2D eigenvalue weighted by atomic mass is 35.5. The van der Waals surface area contributed by atoms with Crippen molar-refractivity contribution in [2.24, 2.45) is 5.92 Å². The van der Waals surface area contributed by atoms with Gasteiger partial charge >= 0.3 is 0 Å². The van der Waals surface area contributed by atoms with E-state index in [0.717, 1.165) is 0 Å². The molecule has 3 atom stereocenters. The van der Waals surface area contributed by atoms with E-state index in [4.69, 9.17) is 0 Å². The van der Waals surface area contributed by atoms with Crippen LogP contribution in [0.1, 0.15) is 23.5 Å². The van der Waals surface area contributed by atoms with Gasteiger partial charge in [0.05, 0.1) is 0 Å². The predicted molar refractivity (Wildman–Crippen MR) is 74.9 cm³/mol. The monoisotopic (exact) mass is 249 g/mol. The Bertz CT molecular complexity index is 425. The summed E-state index contributed by atoms with van der Waals surface area (Å²) in [6.07, 6.45) is 7.23. The molecule has 0 N–H and O–H groups in total. The zero-order valence-corrected chi connectivity index (χ0v) is 11.3. The van der Waals surface area contributed by atoms with Crippen molar-refractivity contribution < 1.29 is 0 Å². The van der Waals surface area contributed by atoms with E-state index in [-0.39, 0.29) is 12.4 Å². The fraction of sp³-hybridized carbons (Fsp3) is 0.467. The molecule has 1 nitrogen and oxygen atoms in total. The van der Waals surface area contributed by atoms with Crippen LogP contribution in [0.4, 0.5) is 0 Å². The van der Waals surface area contributed by atoms with Crippen molar-refractivity contribution in [1.82, 2.24) is 4.90 Å². The molecular weight excluding hydrogens is 230 g/mol. The van der Waals surface area contributed by atoms with E-state index in [1.165, 1.54) is 12.8 Å². The highest BCUT2D eigenvalue weighted by Crippen LogP contribution is 2.42. The zero-order valence-electron chi connectivity index (χ0n) is 10.5. The lowest BCUT2D eigenvalue weighted by Crippen LogP contribution is -2.45. The van der Waals surface area contributed by atoms with Gasteiger partial charge in [-0.05, 0) is 44.0 Å². The molecule has 0 amide bonds. The summed E-state index contributed by atoms with van der Waals surface area (Å²) in [4.78, 5) is 2.41. The van der Waals surface area contributed by atoms with Crippen molar-refractivity contribution in [3.8, 4) is 0 Å². The van der Waals surface area contributed by atoms with Crippen LogP contribution in [0.3, 0.4) is 0 Å². The van der Waals surface area contributed by atoms with Crippen LogP contribution >= 0.6 is 12.4 Å². The third-order valence-corrected chi connectivity index (χ3v) is 4.13. The average molecular weight is 250 g/mol. The summed E-state index contributed by atoms with van der Waals surface area (Å²) in [5, 5.41) is 0. The number of halogens is 1. The molecule has 3 rings (SSSR count). The van der Waals surface area contributed by atoms with Gasteiger partial charge in [-0.1, -0.05) is 36.4 Å². The van der Waals surface area contributed by atoms with Crippen LogP contribution in [0.5, 0.6) is 0 Å². The Labute approximate surface area is 110 Å². The maximum Gasteiger partial charge on any atom is 0.0227 e. The molecule has 0 saturated heterocycles. The smallest absolute Gasteiger partial charge is 0.0227 e. The van der Waals surface area contributed by atoms with E-state index in [1.54, 1.807) is 11.1 Å². The quantitative estimate of drug-likeness (QED) is 0.691. The van der Waals surface area contributed by atoms with Gasteiger partial charge < -0.3 is 4.90 Å². The summed E-state index contributed by atoms with van der Waals surface area (Å²) < 4.78 is 0. The highest BCUT2D eigenvalue weighted by molar-refractivity contribution is 5.85. The SMILES string of the molecule is CN(C)[C@@H]1[C@@H]2C=CC[C@H]1c1ccccc1C2.Cl. The molecule has 2 bridgehead atoms. The second-order valence-corrected chi connectivity index (χ2v) is 5.29. The van der Waals surface area contributed by atoms with E-state index in [9.17, 15) is 0 Å². The lowest BCUT2D eigenvalue weighted by molar-refractivity contribution is 0.180. The van der Waals surface area contributed by atoms with Crippen LogP contribution < -0.4 is 0 Å². The summed E-state index contributed by atoms with van der Waals surface area (Å²) in [6.45, 7) is 0. The summed E-state index contributed by atoms with van der Waals surface area (Å²) in [5.74, 6) is 1.42. The molecule has 0 spiro atoms. The Kier molecular flexibility index (Phi) is 3.60. The zero-order chi connectivity index (χ0) is 11.1. The number of hydrogen-bond acceptors (Lipinski definition) is 1. The maximum absolute atomic E-state index is 2.43. The number of nitrogens with zero attached hydrogens (tertiary/aromatic N) is 1. The van der Waals surface area contributed by atoms with Crippen molar-refractivity contribution in [1.29, 1.82) is 0 Å². The summed E-state index contributed by atoms with van der Waals surface area (Å²) in [5.41, 5.74) is 3.15. The van der Waals surface area contributed by atoms with E-state index >= 15 is 0 Å². The topological polar surface area (TPSA) is 3.24 Å². The molecule has 2 aliphatic rings. The van der Waals surface area contributed by atoms with E-state index in [0.29, 0.717) is 17.9 Å². The van der Waals surface area contributed by atoms with Crippen molar-refractivity contribution in [3.63, 3.8) is 0 Å². The average Bonchev–Trinajstić information content (AvgIpc) is 2.28. The standard InChI is InChI=1S/C15H19N.ClH/c1-16(2)15-12-7-5-9-14(15)13-8-4-3-6-11(13)10-12;/h3-8,12,14-15H,9-10H2,1-2H3;1H/t12-,14+,15-;/m1./s1. The lowest BCUT2D eigenvalue weighted by atomic mass is 9.68. The maximum atomic E-state index is 2.43. The second-order valence-electron chi connectivity index (χ2n) is 5.29. The lowest BCUT2D eigenvalue weighted by Gasteiger charge is -2.44.